The maximum atomic E-state index is 12.2. The van der Waals surface area contributed by atoms with Gasteiger partial charge in [0.1, 0.15) is 5.75 Å². The molecule has 0 aliphatic rings. The van der Waals surface area contributed by atoms with Gasteiger partial charge in [0.05, 0.1) is 14.2 Å². The fourth-order valence-electron chi connectivity index (χ4n) is 2.60. The number of hydrogen-bond acceptors (Lipinski definition) is 6. The van der Waals surface area contributed by atoms with E-state index in [1.807, 2.05) is 49.4 Å². The van der Waals surface area contributed by atoms with Crippen LogP contribution in [0.5, 0.6) is 17.2 Å². The number of carbonyl (C=O) groups excluding carboxylic acids is 2. The molecular formula is C23H27NO6. The van der Waals surface area contributed by atoms with Crippen molar-refractivity contribution in [2.75, 3.05) is 20.8 Å². The summed E-state index contributed by atoms with van der Waals surface area (Å²) in [4.78, 5) is 24.2. The second-order valence-electron chi connectivity index (χ2n) is 6.40. The number of rotatable bonds is 10. The van der Waals surface area contributed by atoms with Crippen LogP contribution in [0.25, 0.3) is 6.08 Å². The topological polar surface area (TPSA) is 83.1 Å². The molecule has 0 heterocycles. The zero-order valence-electron chi connectivity index (χ0n) is 17.6. The molecule has 1 amide bonds. The number of ether oxygens (including phenoxy) is 4. The van der Waals surface area contributed by atoms with Crippen molar-refractivity contribution in [3.05, 3.63) is 59.7 Å². The van der Waals surface area contributed by atoms with E-state index in [-0.39, 0.29) is 6.61 Å². The number of hydrogen-bond donors (Lipinski definition) is 1. The highest BCUT2D eigenvalue weighted by molar-refractivity contribution is 5.83. The van der Waals surface area contributed by atoms with Crippen molar-refractivity contribution in [1.82, 2.24) is 5.32 Å². The number of allylic oxidation sites excluding steroid dienone is 1. The normalized spacial score (nSPS) is 11.6. The number of nitrogens with one attached hydrogen (secondary N) is 1. The van der Waals surface area contributed by atoms with Crippen molar-refractivity contribution >= 4 is 18.0 Å². The fourth-order valence-corrected chi connectivity index (χ4v) is 2.60. The van der Waals surface area contributed by atoms with Gasteiger partial charge in [0, 0.05) is 6.54 Å². The van der Waals surface area contributed by atoms with Crippen molar-refractivity contribution in [3.8, 4) is 17.2 Å². The summed E-state index contributed by atoms with van der Waals surface area (Å²) in [6, 6.07) is 12.7. The van der Waals surface area contributed by atoms with Crippen LogP contribution in [-0.2, 0) is 20.9 Å². The van der Waals surface area contributed by atoms with Gasteiger partial charge < -0.3 is 24.3 Å². The van der Waals surface area contributed by atoms with E-state index in [1.165, 1.54) is 14.0 Å². The first-order valence-corrected chi connectivity index (χ1v) is 9.50. The molecule has 2 rings (SSSR count). The van der Waals surface area contributed by atoms with Gasteiger partial charge in [0.15, 0.2) is 24.2 Å². The first-order valence-electron chi connectivity index (χ1n) is 9.50. The van der Waals surface area contributed by atoms with E-state index in [4.69, 9.17) is 18.9 Å². The van der Waals surface area contributed by atoms with Crippen LogP contribution in [-0.4, -0.2) is 38.8 Å². The van der Waals surface area contributed by atoms with E-state index < -0.39 is 18.0 Å². The Morgan fingerprint density at radius 2 is 1.77 bits per heavy atom. The molecular weight excluding hydrogens is 386 g/mol. The van der Waals surface area contributed by atoms with Crippen molar-refractivity contribution in [3.63, 3.8) is 0 Å². The van der Waals surface area contributed by atoms with Crippen LogP contribution in [0, 0.1) is 0 Å². The molecule has 0 spiro atoms. The number of methoxy groups -OCH3 is 2. The van der Waals surface area contributed by atoms with Crippen LogP contribution in [0.1, 0.15) is 25.0 Å². The Kier molecular flexibility index (Phi) is 8.75. The molecule has 160 valence electrons. The van der Waals surface area contributed by atoms with Gasteiger partial charge >= 0.3 is 5.97 Å². The summed E-state index contributed by atoms with van der Waals surface area (Å²) in [5, 5.41) is 2.73. The largest absolute Gasteiger partial charge is 0.497 e. The van der Waals surface area contributed by atoms with Crippen molar-refractivity contribution in [2.24, 2.45) is 0 Å². The Morgan fingerprint density at radius 3 is 2.40 bits per heavy atom. The Morgan fingerprint density at radius 1 is 1.03 bits per heavy atom. The smallest absolute Gasteiger partial charge is 0.344 e. The minimum absolute atomic E-state index is 0.316. The number of amides is 1. The van der Waals surface area contributed by atoms with Gasteiger partial charge in [-0.1, -0.05) is 30.4 Å². The van der Waals surface area contributed by atoms with Gasteiger partial charge in [-0.3, -0.25) is 4.79 Å². The van der Waals surface area contributed by atoms with Crippen LogP contribution >= 0.6 is 0 Å². The summed E-state index contributed by atoms with van der Waals surface area (Å²) in [5.74, 6) is 0.609. The molecule has 0 saturated heterocycles. The molecule has 0 aliphatic heterocycles. The Balaban J connectivity index is 1.81. The molecule has 7 heteroatoms. The van der Waals surface area contributed by atoms with Crippen LogP contribution in [0.3, 0.4) is 0 Å². The van der Waals surface area contributed by atoms with Crippen LogP contribution in [0.2, 0.25) is 0 Å². The average molecular weight is 413 g/mol. The van der Waals surface area contributed by atoms with Gasteiger partial charge in [-0.2, -0.15) is 0 Å². The summed E-state index contributed by atoms with van der Waals surface area (Å²) in [6.07, 6.45) is 2.89. The molecule has 0 aromatic heterocycles. The van der Waals surface area contributed by atoms with E-state index in [9.17, 15) is 9.59 Å². The van der Waals surface area contributed by atoms with E-state index in [0.717, 1.165) is 16.9 Å². The lowest BCUT2D eigenvalue weighted by molar-refractivity contribution is -0.156. The lowest BCUT2D eigenvalue weighted by Crippen LogP contribution is -2.36. The van der Waals surface area contributed by atoms with Crippen LogP contribution in [0.15, 0.2) is 48.5 Å². The third kappa shape index (κ3) is 6.84. The van der Waals surface area contributed by atoms with Gasteiger partial charge in [-0.15, -0.1) is 0 Å². The maximum absolute atomic E-state index is 12.2. The highest BCUT2D eigenvalue weighted by Crippen LogP contribution is 2.28. The molecule has 0 unspecified atom stereocenters. The number of carbonyl (C=O) groups is 2. The molecule has 1 atom stereocenters. The van der Waals surface area contributed by atoms with Crippen LogP contribution < -0.4 is 19.5 Å². The molecule has 7 nitrogen and oxygen atoms in total. The van der Waals surface area contributed by atoms with Crippen molar-refractivity contribution < 1.29 is 28.5 Å². The third-order valence-electron chi connectivity index (χ3n) is 4.20. The molecule has 0 radical (unpaired) electrons. The lowest BCUT2D eigenvalue weighted by Gasteiger charge is -2.15. The van der Waals surface area contributed by atoms with Gasteiger partial charge in [-0.25, -0.2) is 4.79 Å². The zero-order chi connectivity index (χ0) is 21.9. The predicted molar refractivity (Wildman–Crippen MR) is 114 cm³/mol. The second-order valence-corrected chi connectivity index (χ2v) is 6.40. The summed E-state index contributed by atoms with van der Waals surface area (Å²) in [6.45, 7) is 3.40. The van der Waals surface area contributed by atoms with E-state index in [0.29, 0.717) is 18.0 Å². The van der Waals surface area contributed by atoms with Crippen molar-refractivity contribution in [1.29, 1.82) is 0 Å². The highest BCUT2D eigenvalue weighted by Gasteiger charge is 2.18. The molecule has 30 heavy (non-hydrogen) atoms. The number of benzene rings is 2. The Bertz CT molecular complexity index is 876. The molecule has 0 aliphatic carbocycles. The minimum Gasteiger partial charge on any atom is -0.497 e. The standard InChI is InChI=1S/C23H27NO6/c1-5-6-17-9-12-20(21(13-17)28-4)29-15-22(25)30-16(2)23(26)24-14-18-7-10-19(27-3)11-8-18/h5-13,16H,14-15H2,1-4H3,(H,24,26)/b6-5+/t16-/m1/s1. The average Bonchev–Trinajstić information content (AvgIpc) is 2.76. The third-order valence-corrected chi connectivity index (χ3v) is 4.20. The molecule has 1 N–H and O–H groups in total. The Hall–Kier alpha value is -3.48. The zero-order valence-corrected chi connectivity index (χ0v) is 17.6. The molecule has 0 bridgehead atoms. The predicted octanol–water partition coefficient (Wildman–Crippen LogP) is 3.36. The lowest BCUT2D eigenvalue weighted by atomic mass is 10.2. The molecule has 2 aromatic rings. The van der Waals surface area contributed by atoms with Crippen LogP contribution in [0.4, 0.5) is 0 Å². The summed E-state index contributed by atoms with van der Waals surface area (Å²) < 4.78 is 21.0. The quantitative estimate of drug-likeness (QED) is 0.602. The van der Waals surface area contributed by atoms with Crippen molar-refractivity contribution in [2.45, 2.75) is 26.5 Å². The minimum atomic E-state index is -0.946. The molecule has 2 aromatic carbocycles. The summed E-state index contributed by atoms with van der Waals surface area (Å²) in [5.41, 5.74) is 1.85. The summed E-state index contributed by atoms with van der Waals surface area (Å²) >= 11 is 0. The van der Waals surface area contributed by atoms with Gasteiger partial charge in [0.25, 0.3) is 5.91 Å². The van der Waals surface area contributed by atoms with E-state index in [2.05, 4.69) is 5.32 Å². The highest BCUT2D eigenvalue weighted by atomic mass is 16.6. The SMILES string of the molecule is C/C=C/c1ccc(OCC(=O)O[C@H](C)C(=O)NCc2ccc(OC)cc2)c(OC)c1. The second kappa shape index (κ2) is 11.5. The Labute approximate surface area is 176 Å². The molecule has 0 saturated carbocycles. The van der Waals surface area contributed by atoms with Gasteiger partial charge in [-0.05, 0) is 49.2 Å². The first-order chi connectivity index (χ1) is 14.5. The van der Waals surface area contributed by atoms with E-state index in [1.54, 1.807) is 19.2 Å². The maximum Gasteiger partial charge on any atom is 0.344 e. The van der Waals surface area contributed by atoms with E-state index >= 15 is 0 Å². The monoisotopic (exact) mass is 413 g/mol. The first kappa shape index (κ1) is 22.8. The summed E-state index contributed by atoms with van der Waals surface area (Å²) in [7, 11) is 3.11. The fraction of sp³-hybridized carbons (Fsp3) is 0.304. The molecule has 0 fully saturated rings. The van der Waals surface area contributed by atoms with Gasteiger partial charge in [0.2, 0.25) is 0 Å². The number of esters is 1.